The Morgan fingerprint density at radius 2 is 1.65 bits per heavy atom. The molecule has 100 valence electrons. The second kappa shape index (κ2) is 5.06. The van der Waals surface area contributed by atoms with Crippen molar-refractivity contribution in [3.8, 4) is 0 Å². The molecule has 1 aromatic heterocycles. The molecule has 0 spiro atoms. The van der Waals surface area contributed by atoms with Gasteiger partial charge in [0.15, 0.2) is 0 Å². The number of fused-ring (bicyclic) bond motifs is 1. The molecule has 1 heterocycles. The van der Waals surface area contributed by atoms with Gasteiger partial charge in [-0.05, 0) is 48.2 Å². The van der Waals surface area contributed by atoms with Crippen molar-refractivity contribution < 1.29 is 0 Å². The Hall–Kier alpha value is -2.19. The Labute approximate surface area is 119 Å². The average Bonchev–Trinajstić information content (AvgIpc) is 2.49. The standard InChI is InChI=1S/C18H18N2/c1-12-5-6-15(10-13(12)2)18(19)16-8-7-14-4-3-9-20-17(14)11-16/h3-11,18H,19H2,1-2H3. The van der Waals surface area contributed by atoms with Gasteiger partial charge in [-0.15, -0.1) is 0 Å². The van der Waals surface area contributed by atoms with Crippen LogP contribution in [0.1, 0.15) is 28.3 Å². The molecular formula is C18H18N2. The fraction of sp³-hybridized carbons (Fsp3) is 0.167. The molecular weight excluding hydrogens is 244 g/mol. The first kappa shape index (κ1) is 12.8. The molecule has 0 fully saturated rings. The molecule has 2 heteroatoms. The second-order valence-electron chi connectivity index (χ2n) is 5.28. The molecule has 2 nitrogen and oxygen atoms in total. The normalized spacial score (nSPS) is 12.6. The monoisotopic (exact) mass is 262 g/mol. The van der Waals surface area contributed by atoms with Gasteiger partial charge < -0.3 is 5.73 Å². The highest BCUT2D eigenvalue weighted by Crippen LogP contribution is 2.24. The molecule has 0 aliphatic heterocycles. The quantitative estimate of drug-likeness (QED) is 0.760. The highest BCUT2D eigenvalue weighted by molar-refractivity contribution is 5.79. The molecule has 20 heavy (non-hydrogen) atoms. The van der Waals surface area contributed by atoms with Gasteiger partial charge in [0, 0.05) is 11.6 Å². The number of hydrogen-bond donors (Lipinski definition) is 1. The maximum Gasteiger partial charge on any atom is 0.0705 e. The summed E-state index contributed by atoms with van der Waals surface area (Å²) in [5.41, 5.74) is 12.2. The van der Waals surface area contributed by atoms with Crippen LogP contribution in [0.4, 0.5) is 0 Å². The molecule has 0 radical (unpaired) electrons. The zero-order valence-electron chi connectivity index (χ0n) is 11.8. The van der Waals surface area contributed by atoms with Crippen molar-refractivity contribution >= 4 is 10.9 Å². The zero-order chi connectivity index (χ0) is 14.1. The van der Waals surface area contributed by atoms with Crippen molar-refractivity contribution in [2.75, 3.05) is 0 Å². The molecule has 0 saturated carbocycles. The smallest absolute Gasteiger partial charge is 0.0705 e. The topological polar surface area (TPSA) is 38.9 Å². The number of nitrogens with zero attached hydrogens (tertiary/aromatic N) is 1. The van der Waals surface area contributed by atoms with Crippen molar-refractivity contribution in [2.45, 2.75) is 19.9 Å². The lowest BCUT2D eigenvalue weighted by Crippen LogP contribution is -2.12. The van der Waals surface area contributed by atoms with Gasteiger partial charge in [0.25, 0.3) is 0 Å². The van der Waals surface area contributed by atoms with Gasteiger partial charge in [-0.2, -0.15) is 0 Å². The van der Waals surface area contributed by atoms with E-state index in [-0.39, 0.29) is 6.04 Å². The van der Waals surface area contributed by atoms with Gasteiger partial charge in [0.05, 0.1) is 11.6 Å². The Bertz CT molecular complexity index is 762. The van der Waals surface area contributed by atoms with Gasteiger partial charge >= 0.3 is 0 Å². The number of hydrogen-bond acceptors (Lipinski definition) is 2. The van der Waals surface area contributed by atoms with E-state index in [1.165, 1.54) is 11.1 Å². The predicted molar refractivity (Wildman–Crippen MR) is 83.7 cm³/mol. The van der Waals surface area contributed by atoms with Crippen LogP contribution in [0.25, 0.3) is 10.9 Å². The molecule has 0 amide bonds. The van der Waals surface area contributed by atoms with E-state index in [9.17, 15) is 0 Å². The maximum atomic E-state index is 6.40. The fourth-order valence-electron chi connectivity index (χ4n) is 2.43. The van der Waals surface area contributed by atoms with E-state index in [1.54, 1.807) is 0 Å². The Morgan fingerprint density at radius 1 is 0.900 bits per heavy atom. The third-order valence-electron chi connectivity index (χ3n) is 3.88. The van der Waals surface area contributed by atoms with Crippen LogP contribution in [0.2, 0.25) is 0 Å². The number of aromatic nitrogens is 1. The van der Waals surface area contributed by atoms with Gasteiger partial charge in [-0.25, -0.2) is 0 Å². The predicted octanol–water partition coefficient (Wildman–Crippen LogP) is 3.90. The van der Waals surface area contributed by atoms with Gasteiger partial charge in [0.2, 0.25) is 0 Å². The molecule has 1 unspecified atom stereocenters. The Balaban J connectivity index is 2.02. The van der Waals surface area contributed by atoms with E-state index >= 15 is 0 Å². The van der Waals surface area contributed by atoms with Gasteiger partial charge in [-0.3, -0.25) is 4.98 Å². The molecule has 0 aliphatic carbocycles. The SMILES string of the molecule is Cc1ccc(C(N)c2ccc3cccnc3c2)cc1C. The third-order valence-corrected chi connectivity index (χ3v) is 3.88. The minimum Gasteiger partial charge on any atom is -0.320 e. The summed E-state index contributed by atoms with van der Waals surface area (Å²) in [6.45, 7) is 4.23. The molecule has 0 bridgehead atoms. The molecule has 2 aromatic carbocycles. The largest absolute Gasteiger partial charge is 0.320 e. The van der Waals surface area contributed by atoms with E-state index in [4.69, 9.17) is 5.73 Å². The van der Waals surface area contributed by atoms with Crippen molar-refractivity contribution in [3.05, 3.63) is 77.0 Å². The fourth-order valence-corrected chi connectivity index (χ4v) is 2.43. The highest BCUT2D eigenvalue weighted by Gasteiger charge is 2.10. The van der Waals surface area contributed by atoms with E-state index in [0.717, 1.165) is 22.0 Å². The van der Waals surface area contributed by atoms with Crippen LogP contribution in [-0.2, 0) is 0 Å². The van der Waals surface area contributed by atoms with Gasteiger partial charge in [0.1, 0.15) is 0 Å². The van der Waals surface area contributed by atoms with E-state index in [2.05, 4.69) is 61.3 Å². The van der Waals surface area contributed by atoms with E-state index in [1.807, 2.05) is 12.3 Å². The Kier molecular flexibility index (Phi) is 3.25. The minimum absolute atomic E-state index is 0.110. The number of aryl methyl sites for hydroxylation is 2. The second-order valence-corrected chi connectivity index (χ2v) is 5.28. The van der Waals surface area contributed by atoms with E-state index in [0.29, 0.717) is 0 Å². The maximum absolute atomic E-state index is 6.40. The van der Waals surface area contributed by atoms with Crippen LogP contribution in [0.3, 0.4) is 0 Å². The molecule has 1 atom stereocenters. The average molecular weight is 262 g/mol. The lowest BCUT2D eigenvalue weighted by Gasteiger charge is -2.14. The van der Waals surface area contributed by atoms with Crippen molar-refractivity contribution in [3.63, 3.8) is 0 Å². The number of pyridine rings is 1. The molecule has 2 N–H and O–H groups in total. The van der Waals surface area contributed by atoms with E-state index < -0.39 is 0 Å². The van der Waals surface area contributed by atoms with Crippen LogP contribution in [0, 0.1) is 13.8 Å². The molecule has 0 aliphatic rings. The summed E-state index contributed by atoms with van der Waals surface area (Å²) in [7, 11) is 0. The van der Waals surface area contributed by atoms with Crippen LogP contribution >= 0.6 is 0 Å². The van der Waals surface area contributed by atoms with Gasteiger partial charge in [-0.1, -0.05) is 36.4 Å². The van der Waals surface area contributed by atoms with Crippen molar-refractivity contribution in [2.24, 2.45) is 5.73 Å². The third kappa shape index (κ3) is 2.30. The summed E-state index contributed by atoms with van der Waals surface area (Å²) < 4.78 is 0. The molecule has 0 saturated heterocycles. The summed E-state index contributed by atoms with van der Waals surface area (Å²) in [4.78, 5) is 4.39. The van der Waals surface area contributed by atoms with Crippen molar-refractivity contribution in [1.82, 2.24) is 4.98 Å². The summed E-state index contributed by atoms with van der Waals surface area (Å²) >= 11 is 0. The number of rotatable bonds is 2. The summed E-state index contributed by atoms with van der Waals surface area (Å²) in [5, 5.41) is 1.14. The first-order valence-corrected chi connectivity index (χ1v) is 6.82. The van der Waals surface area contributed by atoms with Crippen LogP contribution in [0.15, 0.2) is 54.7 Å². The van der Waals surface area contributed by atoms with Crippen molar-refractivity contribution in [1.29, 1.82) is 0 Å². The first-order chi connectivity index (χ1) is 9.65. The lowest BCUT2D eigenvalue weighted by atomic mass is 9.95. The molecule has 3 aromatic rings. The molecule has 3 rings (SSSR count). The van der Waals surface area contributed by atoms with Crippen LogP contribution in [-0.4, -0.2) is 4.98 Å². The summed E-state index contributed by atoms with van der Waals surface area (Å²) in [6.07, 6.45) is 1.81. The number of benzene rings is 2. The first-order valence-electron chi connectivity index (χ1n) is 6.82. The zero-order valence-corrected chi connectivity index (χ0v) is 11.8. The number of nitrogens with two attached hydrogens (primary N) is 1. The highest BCUT2D eigenvalue weighted by atomic mass is 14.7. The minimum atomic E-state index is -0.110. The summed E-state index contributed by atoms with van der Waals surface area (Å²) in [6, 6.07) is 16.6. The van der Waals surface area contributed by atoms with Crippen LogP contribution in [0.5, 0.6) is 0 Å². The Morgan fingerprint density at radius 3 is 2.45 bits per heavy atom. The summed E-state index contributed by atoms with van der Waals surface area (Å²) in [5.74, 6) is 0. The van der Waals surface area contributed by atoms with Crippen LogP contribution < -0.4 is 5.73 Å². The lowest BCUT2D eigenvalue weighted by molar-refractivity contribution is 0.870.